The Balaban J connectivity index is 2.31. The van der Waals surface area contributed by atoms with Crippen LogP contribution in [-0.4, -0.2) is 60.0 Å². The largest absolute Gasteiger partial charge is 0.493 e. The number of hydrogen-bond acceptors (Lipinski definition) is 5. The molecule has 26 heavy (non-hydrogen) atoms. The Morgan fingerprint density at radius 3 is 2.50 bits per heavy atom. The first-order valence-corrected chi connectivity index (χ1v) is 10.3. The molecule has 1 rings (SSSR count). The van der Waals surface area contributed by atoms with Crippen LogP contribution in [0, 0.1) is 0 Å². The zero-order chi connectivity index (χ0) is 19.4. The van der Waals surface area contributed by atoms with E-state index in [1.54, 1.807) is 21.1 Å². The highest BCUT2D eigenvalue weighted by molar-refractivity contribution is 7.89. The van der Waals surface area contributed by atoms with Crippen LogP contribution in [0.1, 0.15) is 20.3 Å². The lowest BCUT2D eigenvalue weighted by Gasteiger charge is -2.19. The van der Waals surface area contributed by atoms with Crippen LogP contribution in [0.25, 0.3) is 0 Å². The lowest BCUT2D eigenvalue weighted by Crippen LogP contribution is -2.42. The van der Waals surface area contributed by atoms with E-state index < -0.39 is 10.0 Å². The normalized spacial score (nSPS) is 13.2. The van der Waals surface area contributed by atoms with E-state index in [0.717, 1.165) is 0 Å². The van der Waals surface area contributed by atoms with Gasteiger partial charge in [-0.25, -0.2) is 13.1 Å². The Labute approximate surface area is 156 Å². The predicted molar refractivity (Wildman–Crippen MR) is 105 cm³/mol. The average molecular weight is 387 g/mol. The molecule has 0 aliphatic carbocycles. The van der Waals surface area contributed by atoms with E-state index >= 15 is 0 Å². The molecule has 1 aromatic carbocycles. The highest BCUT2D eigenvalue weighted by atomic mass is 32.2. The molecule has 3 N–H and O–H groups in total. The summed E-state index contributed by atoms with van der Waals surface area (Å²) in [5.41, 5.74) is 0. The van der Waals surface area contributed by atoms with Crippen LogP contribution in [0.5, 0.6) is 11.5 Å². The minimum absolute atomic E-state index is 0.0910. The van der Waals surface area contributed by atoms with Gasteiger partial charge in [-0.2, -0.15) is 0 Å². The first-order valence-electron chi connectivity index (χ1n) is 8.63. The van der Waals surface area contributed by atoms with Crippen molar-refractivity contribution in [1.82, 2.24) is 15.4 Å². The molecular weight excluding hydrogens is 356 g/mol. The van der Waals surface area contributed by atoms with Crippen molar-refractivity contribution in [2.45, 2.75) is 26.4 Å². The molecule has 1 atom stereocenters. The summed E-state index contributed by atoms with van der Waals surface area (Å²) in [5, 5.41) is 6.32. The molecule has 9 heteroatoms. The quantitative estimate of drug-likeness (QED) is 0.297. The Kier molecular flexibility index (Phi) is 9.82. The fraction of sp³-hybridized carbons (Fsp3) is 0.588. The van der Waals surface area contributed by atoms with Crippen molar-refractivity contribution < 1.29 is 17.9 Å². The molecular formula is C17H30N4O4S. The number of hydrogen-bond donors (Lipinski definition) is 3. The van der Waals surface area contributed by atoms with E-state index in [0.29, 0.717) is 43.5 Å². The van der Waals surface area contributed by atoms with E-state index in [1.165, 1.54) is 0 Å². The summed E-state index contributed by atoms with van der Waals surface area (Å²) >= 11 is 0. The number of ether oxygens (including phenoxy) is 2. The van der Waals surface area contributed by atoms with Gasteiger partial charge in [-0.1, -0.05) is 12.1 Å². The molecule has 0 aliphatic heterocycles. The highest BCUT2D eigenvalue weighted by Gasteiger charge is 2.09. The third-order valence-electron chi connectivity index (χ3n) is 3.53. The summed E-state index contributed by atoms with van der Waals surface area (Å²) in [5.74, 6) is 2.11. The van der Waals surface area contributed by atoms with Gasteiger partial charge in [-0.15, -0.1) is 0 Å². The van der Waals surface area contributed by atoms with Crippen LogP contribution < -0.4 is 24.8 Å². The molecule has 1 aromatic rings. The number of methoxy groups -OCH3 is 1. The van der Waals surface area contributed by atoms with Crippen LogP contribution in [0.2, 0.25) is 0 Å². The molecule has 0 amide bonds. The van der Waals surface area contributed by atoms with Gasteiger partial charge in [0.05, 0.1) is 19.4 Å². The summed E-state index contributed by atoms with van der Waals surface area (Å²) < 4.78 is 36.3. The molecule has 148 valence electrons. The van der Waals surface area contributed by atoms with E-state index in [1.807, 2.05) is 31.2 Å². The molecule has 0 saturated carbocycles. The number of benzene rings is 1. The predicted octanol–water partition coefficient (Wildman–Crippen LogP) is 0.957. The van der Waals surface area contributed by atoms with Crippen molar-refractivity contribution in [3.05, 3.63) is 24.3 Å². The Bertz CT molecular complexity index is 664. The summed E-state index contributed by atoms with van der Waals surface area (Å²) in [6.45, 7) is 5.12. The highest BCUT2D eigenvalue weighted by Crippen LogP contribution is 2.26. The van der Waals surface area contributed by atoms with Crippen molar-refractivity contribution in [3.63, 3.8) is 0 Å². The van der Waals surface area contributed by atoms with Crippen LogP contribution in [0.3, 0.4) is 0 Å². The first-order chi connectivity index (χ1) is 12.4. The number of aliphatic imine (C=N–C) groups is 1. The van der Waals surface area contributed by atoms with Crippen LogP contribution in [0.4, 0.5) is 0 Å². The third-order valence-corrected chi connectivity index (χ3v) is 4.93. The maximum absolute atomic E-state index is 11.3. The maximum atomic E-state index is 11.3. The zero-order valence-corrected chi connectivity index (χ0v) is 16.7. The van der Waals surface area contributed by atoms with Crippen LogP contribution in [-0.2, 0) is 10.0 Å². The Hall–Kier alpha value is -2.00. The number of para-hydroxylation sites is 2. The Morgan fingerprint density at radius 2 is 1.88 bits per heavy atom. The lowest BCUT2D eigenvalue weighted by atomic mass is 10.3. The van der Waals surface area contributed by atoms with E-state index in [2.05, 4.69) is 20.3 Å². The molecule has 8 nitrogen and oxygen atoms in total. The minimum Gasteiger partial charge on any atom is -0.493 e. The van der Waals surface area contributed by atoms with Crippen molar-refractivity contribution in [2.24, 2.45) is 4.99 Å². The summed E-state index contributed by atoms with van der Waals surface area (Å²) in [7, 11) is 0.157. The van der Waals surface area contributed by atoms with Crippen molar-refractivity contribution in [3.8, 4) is 11.5 Å². The van der Waals surface area contributed by atoms with E-state index in [4.69, 9.17) is 9.47 Å². The number of rotatable bonds is 11. The van der Waals surface area contributed by atoms with Gasteiger partial charge in [-0.05, 0) is 32.4 Å². The van der Waals surface area contributed by atoms with Gasteiger partial charge in [-0.3, -0.25) is 4.99 Å². The van der Waals surface area contributed by atoms with E-state index in [-0.39, 0.29) is 11.9 Å². The smallest absolute Gasteiger partial charge is 0.211 e. The Morgan fingerprint density at radius 1 is 1.19 bits per heavy atom. The van der Waals surface area contributed by atoms with Crippen molar-refractivity contribution in [1.29, 1.82) is 0 Å². The molecule has 0 spiro atoms. The molecule has 0 fully saturated rings. The first kappa shape index (κ1) is 22.0. The van der Waals surface area contributed by atoms with E-state index in [9.17, 15) is 8.42 Å². The maximum Gasteiger partial charge on any atom is 0.211 e. The zero-order valence-electron chi connectivity index (χ0n) is 15.9. The third kappa shape index (κ3) is 8.39. The van der Waals surface area contributed by atoms with Gasteiger partial charge >= 0.3 is 0 Å². The summed E-state index contributed by atoms with van der Waals surface area (Å²) in [4.78, 5) is 4.14. The fourth-order valence-electron chi connectivity index (χ4n) is 2.06. The summed E-state index contributed by atoms with van der Waals surface area (Å²) in [6, 6.07) is 7.49. The molecule has 0 aromatic heterocycles. The van der Waals surface area contributed by atoms with Crippen LogP contribution >= 0.6 is 0 Å². The van der Waals surface area contributed by atoms with Gasteiger partial charge < -0.3 is 20.1 Å². The van der Waals surface area contributed by atoms with Gasteiger partial charge in [0, 0.05) is 20.1 Å². The second-order valence-corrected chi connectivity index (χ2v) is 7.71. The van der Waals surface area contributed by atoms with Gasteiger partial charge in [0.15, 0.2) is 17.5 Å². The molecule has 0 heterocycles. The molecule has 0 radical (unpaired) electrons. The molecule has 1 unspecified atom stereocenters. The van der Waals surface area contributed by atoms with Gasteiger partial charge in [0.25, 0.3) is 0 Å². The summed E-state index contributed by atoms with van der Waals surface area (Å²) in [6.07, 6.45) is 0.564. The monoisotopic (exact) mass is 386 g/mol. The number of guanidine groups is 1. The van der Waals surface area contributed by atoms with Crippen LogP contribution in [0.15, 0.2) is 29.3 Å². The van der Waals surface area contributed by atoms with Crippen molar-refractivity contribution in [2.75, 3.05) is 39.5 Å². The molecule has 0 aliphatic rings. The number of nitrogens with zero attached hydrogens (tertiary/aromatic N) is 1. The molecule has 0 bridgehead atoms. The number of sulfonamides is 1. The molecule has 0 saturated heterocycles. The van der Waals surface area contributed by atoms with Gasteiger partial charge in [0.2, 0.25) is 10.0 Å². The minimum atomic E-state index is -3.13. The second-order valence-electron chi connectivity index (χ2n) is 5.61. The topological polar surface area (TPSA) is 101 Å². The van der Waals surface area contributed by atoms with Gasteiger partial charge in [0.1, 0.15) is 6.10 Å². The SMILES string of the molecule is CCS(=O)(=O)NCCCNC(=NC)NCC(C)Oc1ccccc1OC. The average Bonchev–Trinajstić information content (AvgIpc) is 2.64. The fourth-order valence-corrected chi connectivity index (χ4v) is 2.72. The standard InChI is InChI=1S/C17H30N4O4S/c1-5-26(22,23)21-12-8-11-19-17(18-3)20-13-14(2)25-16-10-7-6-9-15(16)24-4/h6-7,9-10,14,21H,5,8,11-13H2,1-4H3,(H2,18,19,20). The second kappa shape index (κ2) is 11.6. The van der Waals surface area contributed by atoms with Crippen molar-refractivity contribution >= 4 is 16.0 Å². The number of nitrogens with one attached hydrogen (secondary N) is 3. The lowest BCUT2D eigenvalue weighted by molar-refractivity contribution is 0.213.